The van der Waals surface area contributed by atoms with Crippen LogP contribution in [0.1, 0.15) is 13.3 Å². The summed E-state index contributed by atoms with van der Waals surface area (Å²) in [7, 11) is 0. The maximum atomic E-state index is 12.1. The first kappa shape index (κ1) is 13.1. The van der Waals surface area contributed by atoms with Crippen molar-refractivity contribution >= 4 is 43.5 Å². The second-order valence-electron chi connectivity index (χ2n) is 4.25. The number of benzene rings is 1. The lowest BCUT2D eigenvalue weighted by atomic mass is 10.0. The molecule has 1 heterocycles. The van der Waals surface area contributed by atoms with Gasteiger partial charge in [0.15, 0.2) is 0 Å². The molecule has 92 valence electrons. The highest BCUT2D eigenvalue weighted by molar-refractivity contribution is 9.11. The molecule has 1 aliphatic rings. The van der Waals surface area contributed by atoms with E-state index in [9.17, 15) is 4.79 Å². The Morgan fingerprint density at radius 3 is 2.82 bits per heavy atom. The fourth-order valence-electron chi connectivity index (χ4n) is 2.03. The zero-order valence-corrected chi connectivity index (χ0v) is 12.6. The summed E-state index contributed by atoms with van der Waals surface area (Å²) in [5, 5.41) is 6.24. The minimum Gasteiger partial charge on any atom is -0.325 e. The van der Waals surface area contributed by atoms with Crippen LogP contribution in [0.15, 0.2) is 27.1 Å². The van der Waals surface area contributed by atoms with Gasteiger partial charge >= 0.3 is 0 Å². The Morgan fingerprint density at radius 2 is 2.24 bits per heavy atom. The van der Waals surface area contributed by atoms with Crippen LogP contribution in [-0.2, 0) is 4.79 Å². The largest absolute Gasteiger partial charge is 0.325 e. The number of nitrogens with one attached hydrogen (secondary N) is 2. The van der Waals surface area contributed by atoms with Gasteiger partial charge in [-0.05, 0) is 54.0 Å². The van der Waals surface area contributed by atoms with Crippen LogP contribution in [0.3, 0.4) is 0 Å². The highest BCUT2D eigenvalue weighted by Crippen LogP contribution is 2.27. The van der Waals surface area contributed by atoms with Gasteiger partial charge in [-0.15, -0.1) is 0 Å². The molecule has 0 spiro atoms. The van der Waals surface area contributed by atoms with E-state index >= 15 is 0 Å². The zero-order chi connectivity index (χ0) is 12.4. The van der Waals surface area contributed by atoms with E-state index in [0.717, 1.165) is 27.6 Å². The highest BCUT2D eigenvalue weighted by atomic mass is 79.9. The van der Waals surface area contributed by atoms with E-state index in [1.54, 1.807) is 0 Å². The van der Waals surface area contributed by atoms with E-state index in [-0.39, 0.29) is 17.9 Å². The average Bonchev–Trinajstić information content (AvgIpc) is 2.68. The Bertz CT molecular complexity index is 437. The van der Waals surface area contributed by atoms with Gasteiger partial charge in [0.25, 0.3) is 0 Å². The third-order valence-corrected chi connectivity index (χ3v) is 4.20. The van der Waals surface area contributed by atoms with Crippen LogP contribution >= 0.6 is 31.9 Å². The second kappa shape index (κ2) is 5.50. The standard InChI is InChI=1S/C12H14Br2N2O/c1-7-9(4-5-15-7)12(17)16-11-3-2-8(13)6-10(11)14/h2-3,6-7,9,15H,4-5H2,1H3,(H,16,17). The van der Waals surface area contributed by atoms with E-state index in [0.29, 0.717) is 0 Å². The fraction of sp³-hybridized carbons (Fsp3) is 0.417. The SMILES string of the molecule is CC1NCCC1C(=O)Nc1ccc(Br)cc1Br. The summed E-state index contributed by atoms with van der Waals surface area (Å²) in [6, 6.07) is 5.98. The molecule has 2 unspecified atom stereocenters. The van der Waals surface area contributed by atoms with Gasteiger partial charge in [-0.3, -0.25) is 4.79 Å². The van der Waals surface area contributed by atoms with E-state index in [2.05, 4.69) is 42.5 Å². The third kappa shape index (κ3) is 3.09. The van der Waals surface area contributed by atoms with E-state index < -0.39 is 0 Å². The molecule has 0 saturated carbocycles. The monoisotopic (exact) mass is 360 g/mol. The van der Waals surface area contributed by atoms with Crippen LogP contribution < -0.4 is 10.6 Å². The van der Waals surface area contributed by atoms with E-state index in [1.165, 1.54) is 0 Å². The minimum atomic E-state index is 0.0607. The van der Waals surface area contributed by atoms with Gasteiger partial charge in [0.2, 0.25) is 5.91 Å². The fourth-order valence-corrected chi connectivity index (χ4v) is 3.18. The van der Waals surface area contributed by atoms with Crippen LogP contribution in [0.5, 0.6) is 0 Å². The number of carbonyl (C=O) groups excluding carboxylic acids is 1. The summed E-state index contributed by atoms with van der Waals surface area (Å²) in [5.41, 5.74) is 0.817. The van der Waals surface area contributed by atoms with Gasteiger partial charge in [-0.1, -0.05) is 15.9 Å². The maximum absolute atomic E-state index is 12.1. The predicted molar refractivity (Wildman–Crippen MR) is 76.0 cm³/mol. The smallest absolute Gasteiger partial charge is 0.229 e. The molecule has 1 aromatic rings. The number of hydrogen-bond acceptors (Lipinski definition) is 2. The van der Waals surface area contributed by atoms with Crippen molar-refractivity contribution in [3.05, 3.63) is 27.1 Å². The molecule has 2 atom stereocenters. The van der Waals surface area contributed by atoms with Gasteiger partial charge in [-0.2, -0.15) is 0 Å². The van der Waals surface area contributed by atoms with Crippen LogP contribution in [0, 0.1) is 5.92 Å². The lowest BCUT2D eigenvalue weighted by Crippen LogP contribution is -2.32. The summed E-state index contributed by atoms with van der Waals surface area (Å²) in [6.07, 6.45) is 0.904. The van der Waals surface area contributed by atoms with Crippen molar-refractivity contribution < 1.29 is 4.79 Å². The number of anilines is 1. The van der Waals surface area contributed by atoms with Crippen LogP contribution in [0.2, 0.25) is 0 Å². The quantitative estimate of drug-likeness (QED) is 0.849. The molecule has 1 fully saturated rings. The molecular weight excluding hydrogens is 348 g/mol. The number of halogens is 2. The molecule has 2 N–H and O–H groups in total. The Hall–Kier alpha value is -0.390. The molecule has 2 rings (SSSR count). The molecule has 1 aliphatic heterocycles. The molecule has 1 saturated heterocycles. The van der Waals surface area contributed by atoms with Gasteiger partial charge < -0.3 is 10.6 Å². The number of amides is 1. The first-order chi connectivity index (χ1) is 8.08. The third-order valence-electron chi connectivity index (χ3n) is 3.05. The Balaban J connectivity index is 2.07. The molecule has 0 bridgehead atoms. The number of carbonyl (C=O) groups is 1. The van der Waals surface area contributed by atoms with E-state index in [1.807, 2.05) is 25.1 Å². The maximum Gasteiger partial charge on any atom is 0.229 e. The normalized spacial score (nSPS) is 23.7. The van der Waals surface area contributed by atoms with Gasteiger partial charge in [0.05, 0.1) is 11.6 Å². The molecule has 5 heteroatoms. The predicted octanol–water partition coefficient (Wildman–Crippen LogP) is 3.15. The topological polar surface area (TPSA) is 41.1 Å². The molecule has 0 aromatic heterocycles. The Labute approximate surface area is 118 Å². The minimum absolute atomic E-state index is 0.0607. The first-order valence-corrected chi connectivity index (χ1v) is 7.16. The molecule has 1 aromatic carbocycles. The average molecular weight is 362 g/mol. The summed E-state index contributed by atoms with van der Waals surface area (Å²) in [4.78, 5) is 12.1. The van der Waals surface area contributed by atoms with E-state index in [4.69, 9.17) is 0 Å². The molecular formula is C12H14Br2N2O. The van der Waals surface area contributed by atoms with Crippen molar-refractivity contribution in [3.63, 3.8) is 0 Å². The lowest BCUT2D eigenvalue weighted by Gasteiger charge is -2.15. The van der Waals surface area contributed by atoms with Crippen molar-refractivity contribution in [2.45, 2.75) is 19.4 Å². The Kier molecular flexibility index (Phi) is 4.22. The summed E-state index contributed by atoms with van der Waals surface area (Å²) in [5.74, 6) is 0.149. The molecule has 1 amide bonds. The molecule has 3 nitrogen and oxygen atoms in total. The first-order valence-electron chi connectivity index (χ1n) is 5.57. The number of hydrogen-bond donors (Lipinski definition) is 2. The summed E-state index contributed by atoms with van der Waals surface area (Å²) < 4.78 is 1.87. The summed E-state index contributed by atoms with van der Waals surface area (Å²) in [6.45, 7) is 2.97. The van der Waals surface area contributed by atoms with Crippen molar-refractivity contribution in [3.8, 4) is 0 Å². The van der Waals surface area contributed by atoms with Crippen LogP contribution in [-0.4, -0.2) is 18.5 Å². The van der Waals surface area contributed by atoms with Gasteiger partial charge in [0.1, 0.15) is 0 Å². The highest BCUT2D eigenvalue weighted by Gasteiger charge is 2.29. The molecule has 0 aliphatic carbocycles. The molecule has 17 heavy (non-hydrogen) atoms. The van der Waals surface area contributed by atoms with Crippen LogP contribution in [0.4, 0.5) is 5.69 Å². The van der Waals surface area contributed by atoms with Gasteiger partial charge in [0, 0.05) is 15.0 Å². The zero-order valence-electron chi connectivity index (χ0n) is 9.47. The number of rotatable bonds is 2. The van der Waals surface area contributed by atoms with Crippen molar-refractivity contribution in [2.75, 3.05) is 11.9 Å². The summed E-state index contributed by atoms with van der Waals surface area (Å²) >= 11 is 6.82. The second-order valence-corrected chi connectivity index (χ2v) is 6.02. The van der Waals surface area contributed by atoms with Crippen molar-refractivity contribution in [2.24, 2.45) is 5.92 Å². The van der Waals surface area contributed by atoms with Crippen molar-refractivity contribution in [1.29, 1.82) is 0 Å². The molecule has 0 radical (unpaired) electrons. The Morgan fingerprint density at radius 1 is 1.47 bits per heavy atom. The lowest BCUT2D eigenvalue weighted by molar-refractivity contribution is -0.120. The van der Waals surface area contributed by atoms with Crippen molar-refractivity contribution in [1.82, 2.24) is 5.32 Å². The van der Waals surface area contributed by atoms with Gasteiger partial charge in [-0.25, -0.2) is 0 Å². The van der Waals surface area contributed by atoms with Crippen LogP contribution in [0.25, 0.3) is 0 Å².